The number of fused-ring (bicyclic) bond motifs is 1. The molecule has 0 aliphatic carbocycles. The number of hydrogen-bond donors (Lipinski definition) is 1. The zero-order chi connectivity index (χ0) is 14.8. The number of methoxy groups -OCH3 is 1. The summed E-state index contributed by atoms with van der Waals surface area (Å²) in [5.41, 5.74) is 2.78. The van der Waals surface area contributed by atoms with Gasteiger partial charge in [-0.2, -0.15) is 0 Å². The summed E-state index contributed by atoms with van der Waals surface area (Å²) in [6, 6.07) is 11.4. The molecule has 2 heterocycles. The predicted molar refractivity (Wildman–Crippen MR) is 91.5 cm³/mol. The summed E-state index contributed by atoms with van der Waals surface area (Å²) >= 11 is 3.88. The van der Waals surface area contributed by atoms with Crippen LogP contribution in [0.4, 0.5) is 0 Å². The molecule has 1 aromatic carbocycles. The quantitative estimate of drug-likeness (QED) is 0.853. The fourth-order valence-corrected chi connectivity index (χ4v) is 5.36. The standard InChI is InChI=1S/C17H21NOS2/c1-11-10-16(15-8-9-20-17(15)21-11)18-12(2)13-4-6-14(19-3)7-5-13/h4-9,11-12,16,18H,10H2,1-3H3/t11-,12-,16?/m0/s1. The number of rotatable bonds is 4. The maximum absolute atomic E-state index is 5.23. The molecule has 0 radical (unpaired) electrons. The molecule has 0 bridgehead atoms. The Hall–Kier alpha value is -0.970. The Balaban J connectivity index is 1.74. The minimum absolute atomic E-state index is 0.337. The van der Waals surface area contributed by atoms with Crippen molar-refractivity contribution in [1.82, 2.24) is 5.32 Å². The zero-order valence-electron chi connectivity index (χ0n) is 12.6. The Morgan fingerprint density at radius 2 is 2.00 bits per heavy atom. The highest BCUT2D eigenvalue weighted by Crippen LogP contribution is 2.44. The normalized spacial score (nSPS) is 22.6. The first-order valence-electron chi connectivity index (χ1n) is 7.31. The van der Waals surface area contributed by atoms with E-state index in [-0.39, 0.29) is 0 Å². The van der Waals surface area contributed by atoms with Crippen LogP contribution in [0.1, 0.15) is 43.5 Å². The molecule has 2 aromatic rings. The highest BCUT2D eigenvalue weighted by molar-refractivity contribution is 8.01. The van der Waals surface area contributed by atoms with Crippen LogP contribution in [-0.4, -0.2) is 12.4 Å². The fraction of sp³-hybridized carbons (Fsp3) is 0.412. The van der Waals surface area contributed by atoms with Gasteiger partial charge >= 0.3 is 0 Å². The van der Waals surface area contributed by atoms with Crippen molar-refractivity contribution in [2.75, 3.05) is 7.11 Å². The maximum atomic E-state index is 5.23. The van der Waals surface area contributed by atoms with Crippen molar-refractivity contribution in [2.45, 2.75) is 41.8 Å². The first-order chi connectivity index (χ1) is 10.2. The lowest BCUT2D eigenvalue weighted by molar-refractivity contribution is 0.413. The van der Waals surface area contributed by atoms with Gasteiger partial charge in [0.2, 0.25) is 0 Å². The van der Waals surface area contributed by atoms with E-state index in [1.165, 1.54) is 21.8 Å². The third-order valence-corrected chi connectivity index (χ3v) is 6.32. The molecule has 3 atom stereocenters. The second kappa shape index (κ2) is 6.42. The van der Waals surface area contributed by atoms with Gasteiger partial charge in [-0.05, 0) is 48.1 Å². The van der Waals surface area contributed by atoms with Crippen LogP contribution in [0, 0.1) is 0 Å². The summed E-state index contributed by atoms with van der Waals surface area (Å²) in [6.07, 6.45) is 1.19. The number of nitrogens with one attached hydrogen (secondary N) is 1. The molecular formula is C17H21NOS2. The minimum atomic E-state index is 0.337. The molecule has 3 rings (SSSR count). The number of ether oxygens (including phenoxy) is 1. The summed E-state index contributed by atoms with van der Waals surface area (Å²) in [5, 5.41) is 6.69. The molecule has 0 saturated carbocycles. The zero-order valence-corrected chi connectivity index (χ0v) is 14.3. The second-order valence-corrected chi connectivity index (χ2v) is 8.16. The average molecular weight is 319 g/mol. The van der Waals surface area contributed by atoms with Gasteiger partial charge < -0.3 is 10.1 Å². The van der Waals surface area contributed by atoms with Gasteiger partial charge in [0.05, 0.1) is 11.3 Å². The van der Waals surface area contributed by atoms with E-state index < -0.39 is 0 Å². The Kier molecular flexibility index (Phi) is 4.57. The Labute approximate surface area is 134 Å². The van der Waals surface area contributed by atoms with E-state index in [4.69, 9.17) is 4.74 Å². The van der Waals surface area contributed by atoms with Gasteiger partial charge in [-0.1, -0.05) is 19.1 Å². The van der Waals surface area contributed by atoms with Gasteiger partial charge in [0.25, 0.3) is 0 Å². The molecule has 112 valence electrons. The predicted octanol–water partition coefficient (Wildman–Crippen LogP) is 5.03. The van der Waals surface area contributed by atoms with Crippen molar-refractivity contribution in [3.8, 4) is 5.75 Å². The Morgan fingerprint density at radius 3 is 2.71 bits per heavy atom. The van der Waals surface area contributed by atoms with Gasteiger partial charge in [-0.3, -0.25) is 0 Å². The molecule has 0 spiro atoms. The lowest BCUT2D eigenvalue weighted by Gasteiger charge is -2.30. The Bertz CT molecular complexity index is 593. The van der Waals surface area contributed by atoms with E-state index in [1.54, 1.807) is 7.11 Å². The third-order valence-electron chi connectivity index (χ3n) is 3.98. The molecule has 0 fully saturated rings. The molecule has 21 heavy (non-hydrogen) atoms. The molecule has 0 amide bonds. The molecule has 1 aliphatic heterocycles. The van der Waals surface area contributed by atoms with Crippen LogP contribution < -0.4 is 10.1 Å². The lowest BCUT2D eigenvalue weighted by atomic mass is 10.0. The molecule has 4 heteroatoms. The van der Waals surface area contributed by atoms with E-state index in [9.17, 15) is 0 Å². The number of thiophene rings is 1. The molecule has 1 unspecified atom stereocenters. The van der Waals surface area contributed by atoms with Crippen molar-refractivity contribution in [3.63, 3.8) is 0 Å². The largest absolute Gasteiger partial charge is 0.497 e. The topological polar surface area (TPSA) is 21.3 Å². The summed E-state index contributed by atoms with van der Waals surface area (Å²) in [5.74, 6) is 0.911. The summed E-state index contributed by atoms with van der Waals surface area (Å²) in [4.78, 5) is 0. The average Bonchev–Trinajstić information content (AvgIpc) is 2.95. The Morgan fingerprint density at radius 1 is 1.24 bits per heavy atom. The van der Waals surface area contributed by atoms with Crippen LogP contribution in [0.3, 0.4) is 0 Å². The first-order valence-corrected chi connectivity index (χ1v) is 9.07. The van der Waals surface area contributed by atoms with Crippen molar-refractivity contribution in [3.05, 3.63) is 46.8 Å². The summed E-state index contributed by atoms with van der Waals surface area (Å²) in [7, 11) is 1.70. The van der Waals surface area contributed by atoms with Crippen molar-refractivity contribution >= 4 is 23.1 Å². The van der Waals surface area contributed by atoms with E-state index in [2.05, 4.69) is 42.7 Å². The van der Waals surface area contributed by atoms with Crippen LogP contribution in [-0.2, 0) is 0 Å². The molecule has 2 nitrogen and oxygen atoms in total. The van der Waals surface area contributed by atoms with Crippen molar-refractivity contribution < 1.29 is 4.74 Å². The van der Waals surface area contributed by atoms with E-state index in [0.29, 0.717) is 17.3 Å². The van der Waals surface area contributed by atoms with Crippen molar-refractivity contribution in [1.29, 1.82) is 0 Å². The van der Waals surface area contributed by atoms with Gasteiger partial charge in [-0.25, -0.2) is 0 Å². The number of benzene rings is 1. The highest BCUT2D eigenvalue weighted by atomic mass is 32.2. The fourth-order valence-electron chi connectivity index (χ4n) is 2.80. The maximum Gasteiger partial charge on any atom is 0.118 e. The summed E-state index contributed by atoms with van der Waals surface area (Å²) in [6.45, 7) is 4.56. The van der Waals surface area contributed by atoms with Gasteiger partial charge in [0, 0.05) is 17.3 Å². The van der Waals surface area contributed by atoms with Gasteiger partial charge in [0.1, 0.15) is 5.75 Å². The smallest absolute Gasteiger partial charge is 0.118 e. The van der Waals surface area contributed by atoms with E-state index >= 15 is 0 Å². The van der Waals surface area contributed by atoms with Crippen LogP contribution >= 0.6 is 23.1 Å². The SMILES string of the molecule is COc1ccc([C@H](C)NC2C[C@H](C)Sc3sccc32)cc1. The van der Waals surface area contributed by atoms with Gasteiger partial charge in [0.15, 0.2) is 0 Å². The first kappa shape index (κ1) is 14.9. The molecule has 1 aliphatic rings. The molecular weight excluding hydrogens is 298 g/mol. The van der Waals surface area contributed by atoms with Gasteiger partial charge in [-0.15, -0.1) is 23.1 Å². The highest BCUT2D eigenvalue weighted by Gasteiger charge is 2.27. The molecule has 1 N–H and O–H groups in total. The van der Waals surface area contributed by atoms with Crippen LogP contribution in [0.25, 0.3) is 0 Å². The third kappa shape index (κ3) is 3.28. The second-order valence-electron chi connectivity index (χ2n) is 5.54. The molecule has 1 aromatic heterocycles. The number of hydrogen-bond acceptors (Lipinski definition) is 4. The van der Waals surface area contributed by atoms with Crippen LogP contribution in [0.15, 0.2) is 39.9 Å². The van der Waals surface area contributed by atoms with E-state index in [0.717, 1.165) is 5.75 Å². The van der Waals surface area contributed by atoms with Crippen molar-refractivity contribution in [2.24, 2.45) is 0 Å². The minimum Gasteiger partial charge on any atom is -0.497 e. The van der Waals surface area contributed by atoms with E-state index in [1.807, 2.05) is 35.2 Å². The summed E-state index contributed by atoms with van der Waals surface area (Å²) < 4.78 is 6.71. The molecule has 0 saturated heterocycles. The van der Waals surface area contributed by atoms with Crippen LogP contribution in [0.5, 0.6) is 5.75 Å². The lowest BCUT2D eigenvalue weighted by Crippen LogP contribution is -2.28. The van der Waals surface area contributed by atoms with Crippen LogP contribution in [0.2, 0.25) is 0 Å². The monoisotopic (exact) mass is 319 g/mol. The number of thioether (sulfide) groups is 1.